The van der Waals surface area contributed by atoms with Crippen molar-refractivity contribution in [2.45, 2.75) is 13.2 Å². The summed E-state index contributed by atoms with van der Waals surface area (Å²) in [5.74, 6) is 0.332. The highest BCUT2D eigenvalue weighted by molar-refractivity contribution is 6.28. The molecular weight excluding hydrogens is 364 g/mol. The van der Waals surface area contributed by atoms with Gasteiger partial charge in [-0.25, -0.2) is 0 Å². The first-order chi connectivity index (χ1) is 13.2. The maximum Gasteiger partial charge on any atom is 0.298 e. The molecule has 0 saturated carbocycles. The highest BCUT2D eigenvalue weighted by Gasteiger charge is 2.18. The fraction of sp³-hybridized carbons (Fsp3) is 0.150. The predicted octanol–water partition coefficient (Wildman–Crippen LogP) is 4.17. The molecule has 0 fully saturated rings. The summed E-state index contributed by atoms with van der Waals surface area (Å²) in [6.45, 7) is 0.763. The normalized spacial score (nSPS) is 10.9. The number of fused-ring (bicyclic) bond motifs is 1. The van der Waals surface area contributed by atoms with Crippen molar-refractivity contribution >= 4 is 22.8 Å². The van der Waals surface area contributed by atoms with Gasteiger partial charge in [0, 0.05) is 7.05 Å². The van der Waals surface area contributed by atoms with Crippen LogP contribution in [0.1, 0.15) is 11.1 Å². The Balaban J connectivity index is 1.60. The van der Waals surface area contributed by atoms with Crippen molar-refractivity contribution in [2.24, 2.45) is 7.05 Å². The molecule has 0 aliphatic rings. The SMILES string of the molecule is Cn1c(OCc2ccccc2)nc2c(OCc3ccccc3)nc(Cl)nc21. The second-order valence-electron chi connectivity index (χ2n) is 5.97. The number of halogens is 1. The zero-order valence-corrected chi connectivity index (χ0v) is 15.4. The molecule has 0 aliphatic heterocycles. The zero-order chi connectivity index (χ0) is 18.6. The Labute approximate surface area is 161 Å². The summed E-state index contributed by atoms with van der Waals surface area (Å²) < 4.78 is 13.4. The molecule has 7 heteroatoms. The van der Waals surface area contributed by atoms with Crippen LogP contribution in [0, 0.1) is 0 Å². The summed E-state index contributed by atoms with van der Waals surface area (Å²) in [5, 5.41) is 0.100. The molecule has 0 bridgehead atoms. The molecular formula is C20H17ClN4O2. The Morgan fingerprint density at radius 3 is 2.04 bits per heavy atom. The summed E-state index contributed by atoms with van der Waals surface area (Å²) in [7, 11) is 1.82. The van der Waals surface area contributed by atoms with Crippen molar-refractivity contribution in [1.29, 1.82) is 0 Å². The van der Waals surface area contributed by atoms with E-state index in [1.165, 1.54) is 0 Å². The van der Waals surface area contributed by atoms with E-state index in [9.17, 15) is 0 Å². The minimum atomic E-state index is 0.100. The molecule has 0 amide bonds. The molecule has 0 radical (unpaired) electrons. The standard InChI is InChI=1S/C20H17ClN4O2/c1-25-17-16(22-20(25)27-13-15-10-6-3-7-11-15)18(24-19(21)23-17)26-12-14-8-4-2-5-9-14/h2-11H,12-13H2,1H3. The third kappa shape index (κ3) is 3.85. The summed E-state index contributed by atoms with van der Waals surface area (Å²) in [4.78, 5) is 13.0. The van der Waals surface area contributed by atoms with E-state index in [1.807, 2.05) is 67.7 Å². The van der Waals surface area contributed by atoms with Crippen molar-refractivity contribution in [3.63, 3.8) is 0 Å². The Kier molecular flexibility index (Phi) is 4.89. The largest absolute Gasteiger partial charge is 0.471 e. The van der Waals surface area contributed by atoms with Crippen LogP contribution in [-0.4, -0.2) is 19.5 Å². The Hall–Kier alpha value is -3.12. The molecule has 2 heterocycles. The van der Waals surface area contributed by atoms with E-state index >= 15 is 0 Å². The van der Waals surface area contributed by atoms with Crippen molar-refractivity contribution < 1.29 is 9.47 Å². The molecule has 0 N–H and O–H groups in total. The van der Waals surface area contributed by atoms with Gasteiger partial charge in [0.05, 0.1) is 0 Å². The average molecular weight is 381 g/mol. The molecule has 136 valence electrons. The second kappa shape index (κ2) is 7.63. The van der Waals surface area contributed by atoms with E-state index in [0.717, 1.165) is 11.1 Å². The molecule has 4 rings (SSSR count). The van der Waals surface area contributed by atoms with Gasteiger partial charge in [-0.2, -0.15) is 15.0 Å². The van der Waals surface area contributed by atoms with Gasteiger partial charge in [0.1, 0.15) is 13.2 Å². The second-order valence-corrected chi connectivity index (χ2v) is 6.31. The number of hydrogen-bond acceptors (Lipinski definition) is 5. The van der Waals surface area contributed by atoms with E-state index < -0.39 is 0 Å². The van der Waals surface area contributed by atoms with Gasteiger partial charge in [-0.15, -0.1) is 0 Å². The van der Waals surface area contributed by atoms with Crippen LogP contribution in [-0.2, 0) is 20.3 Å². The molecule has 2 aromatic heterocycles. The summed E-state index contributed by atoms with van der Waals surface area (Å²) in [6.07, 6.45) is 0. The van der Waals surface area contributed by atoms with Crippen molar-refractivity contribution in [1.82, 2.24) is 19.5 Å². The van der Waals surface area contributed by atoms with Crippen LogP contribution in [0.25, 0.3) is 11.2 Å². The monoisotopic (exact) mass is 380 g/mol. The van der Waals surface area contributed by atoms with Gasteiger partial charge in [0.25, 0.3) is 6.01 Å². The quantitative estimate of drug-likeness (QED) is 0.470. The zero-order valence-electron chi connectivity index (χ0n) is 14.7. The number of imidazole rings is 1. The van der Waals surface area contributed by atoms with Crippen molar-refractivity contribution in [3.05, 3.63) is 77.1 Å². The highest BCUT2D eigenvalue weighted by atomic mass is 35.5. The van der Waals surface area contributed by atoms with E-state index in [0.29, 0.717) is 36.3 Å². The topological polar surface area (TPSA) is 62.1 Å². The number of aryl methyl sites for hydroxylation is 1. The molecule has 2 aromatic carbocycles. The minimum Gasteiger partial charge on any atom is -0.471 e. The Morgan fingerprint density at radius 2 is 1.41 bits per heavy atom. The molecule has 27 heavy (non-hydrogen) atoms. The maximum absolute atomic E-state index is 6.08. The first kappa shape index (κ1) is 17.3. The fourth-order valence-electron chi connectivity index (χ4n) is 2.67. The lowest BCUT2D eigenvalue weighted by atomic mass is 10.2. The molecule has 0 unspecified atom stereocenters. The third-order valence-electron chi connectivity index (χ3n) is 4.05. The smallest absolute Gasteiger partial charge is 0.298 e. The lowest BCUT2D eigenvalue weighted by Crippen LogP contribution is -2.01. The molecule has 0 saturated heterocycles. The van der Waals surface area contributed by atoms with Gasteiger partial charge in [-0.1, -0.05) is 60.7 Å². The van der Waals surface area contributed by atoms with Gasteiger partial charge in [-0.05, 0) is 22.7 Å². The van der Waals surface area contributed by atoms with Crippen LogP contribution in [0.4, 0.5) is 0 Å². The first-order valence-electron chi connectivity index (χ1n) is 8.44. The molecule has 0 atom stereocenters. The van der Waals surface area contributed by atoms with Gasteiger partial charge < -0.3 is 9.47 Å². The van der Waals surface area contributed by atoms with Gasteiger partial charge in [-0.3, -0.25) is 4.57 Å². The number of nitrogens with zero attached hydrogens (tertiary/aromatic N) is 4. The van der Waals surface area contributed by atoms with Crippen LogP contribution in [0.3, 0.4) is 0 Å². The third-order valence-corrected chi connectivity index (χ3v) is 4.22. The van der Waals surface area contributed by atoms with E-state index in [-0.39, 0.29) is 5.28 Å². The summed E-state index contributed by atoms with van der Waals surface area (Å²) in [6, 6.07) is 20.1. The fourth-order valence-corrected chi connectivity index (χ4v) is 2.83. The average Bonchev–Trinajstić information content (AvgIpc) is 3.02. The van der Waals surface area contributed by atoms with Crippen LogP contribution in [0.5, 0.6) is 11.9 Å². The number of ether oxygens (including phenoxy) is 2. The Morgan fingerprint density at radius 1 is 0.815 bits per heavy atom. The van der Waals surface area contributed by atoms with E-state index in [1.54, 1.807) is 4.57 Å². The summed E-state index contributed by atoms with van der Waals surface area (Å²) in [5.41, 5.74) is 3.15. The number of aromatic nitrogens is 4. The van der Waals surface area contributed by atoms with Gasteiger partial charge in [0.15, 0.2) is 11.2 Å². The van der Waals surface area contributed by atoms with Gasteiger partial charge >= 0.3 is 0 Å². The maximum atomic E-state index is 6.08. The van der Waals surface area contributed by atoms with Crippen LogP contribution in [0.2, 0.25) is 5.28 Å². The van der Waals surface area contributed by atoms with Crippen molar-refractivity contribution in [2.75, 3.05) is 0 Å². The molecule has 4 aromatic rings. The molecule has 6 nitrogen and oxygen atoms in total. The number of benzene rings is 2. The number of rotatable bonds is 6. The first-order valence-corrected chi connectivity index (χ1v) is 8.82. The minimum absolute atomic E-state index is 0.100. The lowest BCUT2D eigenvalue weighted by Gasteiger charge is -2.06. The van der Waals surface area contributed by atoms with Crippen LogP contribution >= 0.6 is 11.6 Å². The predicted molar refractivity (Wildman–Crippen MR) is 103 cm³/mol. The highest BCUT2D eigenvalue weighted by Crippen LogP contribution is 2.27. The lowest BCUT2D eigenvalue weighted by molar-refractivity contribution is 0.272. The molecule has 0 aliphatic carbocycles. The Bertz CT molecular complexity index is 1050. The van der Waals surface area contributed by atoms with E-state index in [4.69, 9.17) is 21.1 Å². The summed E-state index contributed by atoms with van der Waals surface area (Å²) >= 11 is 6.08. The molecule has 0 spiro atoms. The van der Waals surface area contributed by atoms with Crippen LogP contribution in [0.15, 0.2) is 60.7 Å². The number of hydrogen-bond donors (Lipinski definition) is 0. The van der Waals surface area contributed by atoms with Crippen LogP contribution < -0.4 is 9.47 Å². The van der Waals surface area contributed by atoms with Gasteiger partial charge in [0.2, 0.25) is 11.2 Å². The van der Waals surface area contributed by atoms with E-state index in [2.05, 4.69) is 15.0 Å². The van der Waals surface area contributed by atoms with Crippen molar-refractivity contribution in [3.8, 4) is 11.9 Å².